The molecule has 0 fully saturated rings. The molecule has 1 aromatic heterocycles. The van der Waals surface area contributed by atoms with Gasteiger partial charge in [-0.25, -0.2) is 0 Å². The fraction of sp³-hybridized carbons (Fsp3) is 0.364. The second kappa shape index (κ2) is 6.20. The zero-order valence-corrected chi connectivity index (χ0v) is 10.1. The van der Waals surface area contributed by atoms with Gasteiger partial charge in [0.1, 0.15) is 5.69 Å². The second-order valence-corrected chi connectivity index (χ2v) is 3.95. The van der Waals surface area contributed by atoms with Crippen LogP contribution in [0.2, 0.25) is 5.02 Å². The Morgan fingerprint density at radius 3 is 2.82 bits per heavy atom. The number of carbonyl (C=O) groups excluding carboxylic acids is 1. The lowest BCUT2D eigenvalue weighted by molar-refractivity contribution is -0.141. The maximum absolute atomic E-state index is 11.6. The summed E-state index contributed by atoms with van der Waals surface area (Å²) in [6.07, 6.45) is 1.88. The third kappa shape index (κ3) is 4.03. The zero-order valence-electron chi connectivity index (χ0n) is 9.31. The number of hydrogen-bond donors (Lipinski definition) is 2. The number of amides is 1. The van der Waals surface area contributed by atoms with Crippen molar-refractivity contribution in [2.75, 3.05) is 6.54 Å². The molecule has 1 atom stereocenters. The second-order valence-electron chi connectivity index (χ2n) is 3.51. The number of carboxylic acids is 1. The highest BCUT2D eigenvalue weighted by Gasteiger charge is 2.16. The molecule has 0 bridgehead atoms. The van der Waals surface area contributed by atoms with E-state index in [1.807, 2.05) is 0 Å². The SMILES string of the molecule is CCC(CNC(=O)c1cc(Cl)ccn1)C(=O)O. The van der Waals surface area contributed by atoms with Crippen molar-refractivity contribution in [1.82, 2.24) is 10.3 Å². The van der Waals surface area contributed by atoms with Gasteiger partial charge in [0.05, 0.1) is 5.92 Å². The Morgan fingerprint density at radius 1 is 1.59 bits per heavy atom. The molecule has 1 unspecified atom stereocenters. The van der Waals surface area contributed by atoms with Gasteiger partial charge in [-0.2, -0.15) is 0 Å². The topological polar surface area (TPSA) is 79.3 Å². The first kappa shape index (κ1) is 13.4. The highest BCUT2D eigenvalue weighted by atomic mass is 35.5. The van der Waals surface area contributed by atoms with E-state index in [1.165, 1.54) is 12.3 Å². The molecule has 0 aliphatic heterocycles. The van der Waals surface area contributed by atoms with Gasteiger partial charge in [-0.1, -0.05) is 18.5 Å². The van der Waals surface area contributed by atoms with E-state index in [9.17, 15) is 9.59 Å². The summed E-state index contributed by atoms with van der Waals surface area (Å²) in [5.41, 5.74) is 0.178. The lowest BCUT2D eigenvalue weighted by Gasteiger charge is -2.10. The van der Waals surface area contributed by atoms with Crippen molar-refractivity contribution >= 4 is 23.5 Å². The zero-order chi connectivity index (χ0) is 12.8. The summed E-state index contributed by atoms with van der Waals surface area (Å²) in [6, 6.07) is 2.99. The number of rotatable bonds is 5. The number of carboxylic acid groups (broad SMARTS) is 1. The Balaban J connectivity index is 2.58. The van der Waals surface area contributed by atoms with Gasteiger partial charge < -0.3 is 10.4 Å². The molecular weight excluding hydrogens is 244 g/mol. The van der Waals surface area contributed by atoms with Crippen molar-refractivity contribution in [2.24, 2.45) is 5.92 Å². The first-order valence-corrected chi connectivity index (χ1v) is 5.55. The molecule has 1 amide bonds. The first-order valence-electron chi connectivity index (χ1n) is 5.17. The number of pyridine rings is 1. The quantitative estimate of drug-likeness (QED) is 0.838. The highest BCUT2D eigenvalue weighted by Crippen LogP contribution is 2.08. The van der Waals surface area contributed by atoms with Crippen LogP contribution in [0.15, 0.2) is 18.3 Å². The minimum atomic E-state index is -0.924. The minimum Gasteiger partial charge on any atom is -0.481 e. The van der Waals surface area contributed by atoms with Crippen LogP contribution < -0.4 is 5.32 Å². The largest absolute Gasteiger partial charge is 0.481 e. The van der Waals surface area contributed by atoms with Gasteiger partial charge in [0.15, 0.2) is 0 Å². The lowest BCUT2D eigenvalue weighted by Crippen LogP contribution is -2.33. The summed E-state index contributed by atoms with van der Waals surface area (Å²) in [5, 5.41) is 11.7. The Bertz CT molecular complexity index is 423. The number of nitrogens with zero attached hydrogens (tertiary/aromatic N) is 1. The minimum absolute atomic E-state index is 0.0822. The monoisotopic (exact) mass is 256 g/mol. The first-order chi connectivity index (χ1) is 8.04. The number of aromatic nitrogens is 1. The fourth-order valence-corrected chi connectivity index (χ4v) is 1.40. The van der Waals surface area contributed by atoms with E-state index in [4.69, 9.17) is 16.7 Å². The van der Waals surface area contributed by atoms with Crippen LogP contribution in [0.1, 0.15) is 23.8 Å². The maximum atomic E-state index is 11.6. The predicted molar refractivity (Wildman–Crippen MR) is 63.0 cm³/mol. The molecule has 92 valence electrons. The third-order valence-electron chi connectivity index (χ3n) is 2.31. The number of aliphatic carboxylic acids is 1. The van der Waals surface area contributed by atoms with E-state index in [1.54, 1.807) is 13.0 Å². The molecule has 1 rings (SSSR count). The molecule has 0 radical (unpaired) electrons. The molecular formula is C11H13ClN2O3. The van der Waals surface area contributed by atoms with Crippen LogP contribution in [0.3, 0.4) is 0 Å². The maximum Gasteiger partial charge on any atom is 0.308 e. The van der Waals surface area contributed by atoms with Crippen LogP contribution in [-0.4, -0.2) is 28.5 Å². The number of carbonyl (C=O) groups is 2. The summed E-state index contributed by atoms with van der Waals surface area (Å²) < 4.78 is 0. The van der Waals surface area contributed by atoms with Gasteiger partial charge >= 0.3 is 5.97 Å². The van der Waals surface area contributed by atoms with E-state index < -0.39 is 17.8 Å². The van der Waals surface area contributed by atoms with Crippen LogP contribution >= 0.6 is 11.6 Å². The molecule has 0 aliphatic carbocycles. The summed E-state index contributed by atoms with van der Waals surface area (Å²) in [5.74, 6) is -1.93. The molecule has 1 aromatic rings. The average molecular weight is 257 g/mol. The fourth-order valence-electron chi connectivity index (χ4n) is 1.24. The van der Waals surface area contributed by atoms with Gasteiger partial charge in [-0.05, 0) is 18.6 Å². The van der Waals surface area contributed by atoms with Gasteiger partial charge in [0.25, 0.3) is 5.91 Å². The highest BCUT2D eigenvalue weighted by molar-refractivity contribution is 6.30. The van der Waals surface area contributed by atoms with Gasteiger partial charge in [0.2, 0.25) is 0 Å². The van der Waals surface area contributed by atoms with Crippen LogP contribution in [0, 0.1) is 5.92 Å². The van der Waals surface area contributed by atoms with Crippen molar-refractivity contribution in [2.45, 2.75) is 13.3 Å². The Labute approximate surface area is 104 Å². The Morgan fingerprint density at radius 2 is 2.29 bits per heavy atom. The molecule has 6 heteroatoms. The van der Waals surface area contributed by atoms with Crippen molar-refractivity contribution in [3.8, 4) is 0 Å². The lowest BCUT2D eigenvalue weighted by atomic mass is 10.1. The van der Waals surface area contributed by atoms with E-state index in [-0.39, 0.29) is 12.2 Å². The van der Waals surface area contributed by atoms with E-state index in [0.29, 0.717) is 11.4 Å². The van der Waals surface area contributed by atoms with Crippen molar-refractivity contribution in [3.05, 3.63) is 29.0 Å². The molecule has 1 heterocycles. The smallest absolute Gasteiger partial charge is 0.308 e. The Hall–Kier alpha value is -1.62. The molecule has 17 heavy (non-hydrogen) atoms. The summed E-state index contributed by atoms with van der Waals surface area (Å²) in [6.45, 7) is 1.83. The normalized spacial score (nSPS) is 11.9. The van der Waals surface area contributed by atoms with Gasteiger partial charge in [-0.15, -0.1) is 0 Å². The number of halogens is 1. The summed E-state index contributed by atoms with van der Waals surface area (Å²) in [7, 11) is 0. The Kier molecular flexibility index (Phi) is 4.90. The number of hydrogen-bond acceptors (Lipinski definition) is 3. The molecule has 0 aromatic carbocycles. The third-order valence-corrected chi connectivity index (χ3v) is 2.54. The van der Waals surface area contributed by atoms with Crippen molar-refractivity contribution in [1.29, 1.82) is 0 Å². The van der Waals surface area contributed by atoms with Crippen LogP contribution in [-0.2, 0) is 4.79 Å². The molecule has 0 saturated carbocycles. The van der Waals surface area contributed by atoms with Crippen LogP contribution in [0.5, 0.6) is 0 Å². The van der Waals surface area contributed by atoms with E-state index in [2.05, 4.69) is 10.3 Å². The molecule has 0 spiro atoms. The van der Waals surface area contributed by atoms with Crippen LogP contribution in [0.25, 0.3) is 0 Å². The van der Waals surface area contributed by atoms with E-state index in [0.717, 1.165) is 0 Å². The van der Waals surface area contributed by atoms with Crippen molar-refractivity contribution < 1.29 is 14.7 Å². The molecule has 2 N–H and O–H groups in total. The molecule has 5 nitrogen and oxygen atoms in total. The van der Waals surface area contributed by atoms with Gasteiger partial charge in [-0.3, -0.25) is 14.6 Å². The van der Waals surface area contributed by atoms with E-state index >= 15 is 0 Å². The van der Waals surface area contributed by atoms with Crippen LogP contribution in [0.4, 0.5) is 0 Å². The summed E-state index contributed by atoms with van der Waals surface area (Å²) >= 11 is 5.72. The average Bonchev–Trinajstić information content (AvgIpc) is 2.29. The number of nitrogens with one attached hydrogen (secondary N) is 1. The van der Waals surface area contributed by atoms with Crippen molar-refractivity contribution in [3.63, 3.8) is 0 Å². The molecule has 0 saturated heterocycles. The summed E-state index contributed by atoms with van der Waals surface area (Å²) in [4.78, 5) is 26.2. The van der Waals surface area contributed by atoms with Gasteiger partial charge in [0, 0.05) is 17.8 Å². The predicted octanol–water partition coefficient (Wildman–Crippen LogP) is 1.58. The molecule has 0 aliphatic rings. The standard InChI is InChI=1S/C11H13ClN2O3/c1-2-7(11(16)17)6-14-10(15)9-5-8(12)3-4-13-9/h3-5,7H,2,6H2,1H3,(H,14,15)(H,16,17).